The minimum absolute atomic E-state index is 0.836. The molecular weight excluding hydrogens is 251 g/mol. The molecule has 0 unspecified atom stereocenters. The third-order valence-electron chi connectivity index (χ3n) is 1.46. The maximum absolute atomic E-state index is 6.02. The molecular formula is C7H4Cl2S3. The Kier molecular flexibility index (Phi) is 2.58. The van der Waals surface area contributed by atoms with Gasteiger partial charge in [0.15, 0.2) is 0 Å². The average molecular weight is 255 g/mol. The van der Waals surface area contributed by atoms with Gasteiger partial charge in [-0.15, -0.1) is 34.4 Å². The lowest BCUT2D eigenvalue weighted by molar-refractivity contribution is 1.73. The van der Waals surface area contributed by atoms with Crippen LogP contribution in [0.3, 0.4) is 0 Å². The van der Waals surface area contributed by atoms with Crippen LogP contribution in [0.15, 0.2) is 11.0 Å². The normalized spacial score (nSPS) is 11.2. The van der Waals surface area contributed by atoms with Crippen molar-refractivity contribution in [3.05, 3.63) is 14.7 Å². The highest BCUT2D eigenvalue weighted by Crippen LogP contribution is 2.45. The Hall–Kier alpha value is 0.590. The molecule has 0 aromatic carbocycles. The predicted octanol–water partition coefficient (Wildman–Crippen LogP) is 4.99. The SMILES string of the molecule is CSc1c(Cl)sc2cc(Cl)sc12. The third-order valence-corrected chi connectivity index (χ3v) is 5.40. The van der Waals surface area contributed by atoms with Gasteiger partial charge in [-0.05, 0) is 12.3 Å². The standard InChI is InChI=1S/C7H4Cl2S3/c1-10-6-5-3(11-7(6)9)2-4(8)12-5/h2H,1H3. The number of thiophene rings is 2. The number of thioether (sulfide) groups is 1. The van der Waals surface area contributed by atoms with Gasteiger partial charge in [-0.25, -0.2) is 0 Å². The highest BCUT2D eigenvalue weighted by molar-refractivity contribution is 7.99. The van der Waals surface area contributed by atoms with Crippen molar-refractivity contribution in [2.75, 3.05) is 6.26 Å². The summed E-state index contributed by atoms with van der Waals surface area (Å²) in [4.78, 5) is 1.16. The van der Waals surface area contributed by atoms with Crippen molar-refractivity contribution >= 4 is 67.0 Å². The minimum atomic E-state index is 0.836. The number of rotatable bonds is 1. The summed E-state index contributed by atoms with van der Waals surface area (Å²) >= 11 is 16.8. The molecule has 5 heteroatoms. The smallest absolute Gasteiger partial charge is 0.108 e. The molecule has 0 amide bonds. The molecule has 0 fully saturated rings. The van der Waals surface area contributed by atoms with Crippen molar-refractivity contribution in [2.45, 2.75) is 4.90 Å². The Morgan fingerprint density at radius 2 is 2.08 bits per heavy atom. The Morgan fingerprint density at radius 3 is 2.75 bits per heavy atom. The molecule has 0 N–H and O–H groups in total. The average Bonchev–Trinajstić information content (AvgIpc) is 2.43. The zero-order valence-electron chi connectivity index (χ0n) is 6.06. The van der Waals surface area contributed by atoms with Crippen molar-refractivity contribution in [3.63, 3.8) is 0 Å². The van der Waals surface area contributed by atoms with Crippen molar-refractivity contribution < 1.29 is 0 Å². The van der Waals surface area contributed by atoms with Crippen molar-refractivity contribution in [3.8, 4) is 0 Å². The second-order valence-electron chi connectivity index (χ2n) is 2.15. The molecule has 0 aliphatic carbocycles. The molecule has 2 heterocycles. The molecule has 0 bridgehead atoms. The topological polar surface area (TPSA) is 0 Å². The Balaban J connectivity index is 2.78. The van der Waals surface area contributed by atoms with Gasteiger partial charge in [0.25, 0.3) is 0 Å². The van der Waals surface area contributed by atoms with Crippen LogP contribution in [0.25, 0.3) is 9.40 Å². The number of fused-ring (bicyclic) bond motifs is 1. The Labute approximate surface area is 92.5 Å². The summed E-state index contributed by atoms with van der Waals surface area (Å²) in [5, 5.41) is 0. The van der Waals surface area contributed by atoms with Crippen LogP contribution >= 0.6 is 57.6 Å². The molecule has 0 saturated heterocycles. The summed E-state index contributed by atoms with van der Waals surface area (Å²) in [5.74, 6) is 0. The maximum Gasteiger partial charge on any atom is 0.108 e. The van der Waals surface area contributed by atoms with Crippen LogP contribution in [0, 0.1) is 0 Å². The van der Waals surface area contributed by atoms with E-state index in [1.165, 1.54) is 9.40 Å². The van der Waals surface area contributed by atoms with Gasteiger partial charge in [0.2, 0.25) is 0 Å². The van der Waals surface area contributed by atoms with Crippen LogP contribution in [0.4, 0.5) is 0 Å². The fourth-order valence-electron chi connectivity index (χ4n) is 0.985. The first kappa shape index (κ1) is 9.16. The highest BCUT2D eigenvalue weighted by atomic mass is 35.5. The van der Waals surface area contributed by atoms with Crippen molar-refractivity contribution in [1.82, 2.24) is 0 Å². The summed E-state index contributed by atoms with van der Waals surface area (Å²) < 4.78 is 4.13. The van der Waals surface area contributed by atoms with E-state index in [4.69, 9.17) is 23.2 Å². The first-order valence-electron chi connectivity index (χ1n) is 3.13. The van der Waals surface area contributed by atoms with Gasteiger partial charge in [0, 0.05) is 4.70 Å². The molecule has 2 aromatic rings. The van der Waals surface area contributed by atoms with Gasteiger partial charge in [-0.2, -0.15) is 0 Å². The maximum atomic E-state index is 6.02. The molecule has 0 radical (unpaired) electrons. The van der Waals surface area contributed by atoms with E-state index in [9.17, 15) is 0 Å². The molecule has 2 rings (SSSR count). The van der Waals surface area contributed by atoms with E-state index in [0.717, 1.165) is 13.6 Å². The highest BCUT2D eigenvalue weighted by Gasteiger charge is 2.12. The van der Waals surface area contributed by atoms with Crippen molar-refractivity contribution in [1.29, 1.82) is 0 Å². The van der Waals surface area contributed by atoms with Gasteiger partial charge >= 0.3 is 0 Å². The molecule has 0 atom stereocenters. The van der Waals surface area contributed by atoms with Crippen LogP contribution in [-0.2, 0) is 0 Å². The minimum Gasteiger partial charge on any atom is -0.126 e. The van der Waals surface area contributed by atoms with Crippen LogP contribution in [0.1, 0.15) is 0 Å². The second-order valence-corrected chi connectivity index (χ2v) is 6.31. The Bertz CT molecular complexity index is 415. The second kappa shape index (κ2) is 3.39. The summed E-state index contributed by atoms with van der Waals surface area (Å²) in [7, 11) is 0. The van der Waals surface area contributed by atoms with E-state index < -0.39 is 0 Å². The zero-order chi connectivity index (χ0) is 8.72. The lowest BCUT2D eigenvalue weighted by Gasteiger charge is -1.88. The number of halogens is 2. The molecule has 0 nitrogen and oxygen atoms in total. The third kappa shape index (κ3) is 1.38. The summed E-state index contributed by atoms with van der Waals surface area (Å²) in [6.45, 7) is 0. The number of hydrogen-bond donors (Lipinski definition) is 0. The first-order chi connectivity index (χ1) is 5.72. The first-order valence-corrected chi connectivity index (χ1v) is 6.75. The van der Waals surface area contributed by atoms with Crippen LogP contribution in [0.2, 0.25) is 8.67 Å². The number of hydrogen-bond acceptors (Lipinski definition) is 3. The van der Waals surface area contributed by atoms with Crippen LogP contribution in [-0.4, -0.2) is 6.26 Å². The summed E-state index contributed by atoms with van der Waals surface area (Å²) in [5.41, 5.74) is 0. The van der Waals surface area contributed by atoms with Crippen molar-refractivity contribution in [2.24, 2.45) is 0 Å². The molecule has 64 valence electrons. The van der Waals surface area contributed by atoms with E-state index >= 15 is 0 Å². The van der Waals surface area contributed by atoms with Gasteiger partial charge < -0.3 is 0 Å². The van der Waals surface area contributed by atoms with E-state index in [2.05, 4.69) is 0 Å². The van der Waals surface area contributed by atoms with E-state index in [-0.39, 0.29) is 0 Å². The molecule has 12 heavy (non-hydrogen) atoms. The molecule has 0 aliphatic heterocycles. The molecule has 0 aliphatic rings. The lowest BCUT2D eigenvalue weighted by atomic mass is 10.5. The van der Waals surface area contributed by atoms with E-state index in [1.807, 2.05) is 12.3 Å². The fraction of sp³-hybridized carbons (Fsp3) is 0.143. The Morgan fingerprint density at radius 1 is 1.33 bits per heavy atom. The van der Waals surface area contributed by atoms with Gasteiger partial charge in [-0.3, -0.25) is 0 Å². The van der Waals surface area contributed by atoms with Gasteiger partial charge in [-0.1, -0.05) is 23.2 Å². The van der Waals surface area contributed by atoms with E-state index in [0.29, 0.717) is 0 Å². The zero-order valence-corrected chi connectivity index (χ0v) is 10.0. The summed E-state index contributed by atoms with van der Waals surface area (Å²) in [6.07, 6.45) is 2.03. The fourth-order valence-corrected chi connectivity index (χ4v) is 5.17. The van der Waals surface area contributed by atoms with Gasteiger partial charge in [0.1, 0.15) is 4.34 Å². The molecule has 2 aromatic heterocycles. The predicted molar refractivity (Wildman–Crippen MR) is 61.5 cm³/mol. The van der Waals surface area contributed by atoms with Gasteiger partial charge in [0.05, 0.1) is 13.9 Å². The van der Waals surface area contributed by atoms with Crippen LogP contribution < -0.4 is 0 Å². The monoisotopic (exact) mass is 254 g/mol. The molecule has 0 spiro atoms. The van der Waals surface area contributed by atoms with E-state index in [1.54, 1.807) is 34.4 Å². The van der Waals surface area contributed by atoms with Crippen LogP contribution in [0.5, 0.6) is 0 Å². The quantitative estimate of drug-likeness (QED) is 0.647. The lowest BCUT2D eigenvalue weighted by Crippen LogP contribution is -1.58. The summed E-state index contributed by atoms with van der Waals surface area (Å²) in [6, 6.07) is 1.97. The largest absolute Gasteiger partial charge is 0.126 e. The molecule has 0 saturated carbocycles.